The predicted octanol–water partition coefficient (Wildman–Crippen LogP) is 2.94. The van der Waals surface area contributed by atoms with E-state index in [1.807, 2.05) is 20.8 Å². The first kappa shape index (κ1) is 18.6. The molecule has 0 aromatic rings. The average molecular weight is 350 g/mol. The van der Waals surface area contributed by atoms with Crippen LogP contribution < -0.4 is 0 Å². The fraction of sp³-hybridized carbons (Fsp3) is 0.800. The van der Waals surface area contributed by atoms with Crippen molar-refractivity contribution in [3.8, 4) is 0 Å². The molecule has 5 nitrogen and oxygen atoms in total. The van der Waals surface area contributed by atoms with Crippen molar-refractivity contribution in [2.24, 2.45) is 11.3 Å². The van der Waals surface area contributed by atoms with E-state index in [0.717, 1.165) is 17.6 Å². The third kappa shape index (κ3) is 2.85. The van der Waals surface area contributed by atoms with Gasteiger partial charge in [0.25, 0.3) is 0 Å². The van der Waals surface area contributed by atoms with E-state index in [2.05, 4.69) is 6.92 Å². The van der Waals surface area contributed by atoms with Crippen LogP contribution in [0, 0.1) is 11.3 Å². The minimum atomic E-state index is -1.17. The van der Waals surface area contributed by atoms with Crippen molar-refractivity contribution in [2.45, 2.75) is 90.6 Å². The largest absolute Gasteiger partial charge is 0.457 e. The number of fused-ring (bicyclic) bond motifs is 1. The Hall–Kier alpha value is -1.20. The second-order valence-corrected chi connectivity index (χ2v) is 9.01. The van der Waals surface area contributed by atoms with Crippen molar-refractivity contribution in [2.75, 3.05) is 0 Å². The number of carbonyl (C=O) groups excluding carboxylic acids is 2. The second kappa shape index (κ2) is 5.65. The smallest absolute Gasteiger partial charge is 0.341 e. The van der Waals surface area contributed by atoms with E-state index < -0.39 is 23.3 Å². The van der Waals surface area contributed by atoms with E-state index in [0.29, 0.717) is 19.3 Å². The molecule has 1 heterocycles. The average Bonchev–Trinajstić information content (AvgIpc) is 3.10. The summed E-state index contributed by atoms with van der Waals surface area (Å²) in [6.07, 6.45) is 1.60. The fourth-order valence-corrected chi connectivity index (χ4v) is 4.77. The first-order valence-corrected chi connectivity index (χ1v) is 9.22. The maximum absolute atomic E-state index is 12.5. The highest BCUT2D eigenvalue weighted by molar-refractivity contribution is 5.97. The van der Waals surface area contributed by atoms with Gasteiger partial charge in [-0.15, -0.1) is 0 Å². The highest BCUT2D eigenvalue weighted by Crippen LogP contribution is 2.55. The lowest BCUT2D eigenvalue weighted by atomic mass is 9.53. The van der Waals surface area contributed by atoms with Gasteiger partial charge < -0.3 is 14.6 Å². The summed E-state index contributed by atoms with van der Waals surface area (Å²) >= 11 is 0. The highest BCUT2D eigenvalue weighted by Gasteiger charge is 2.61. The summed E-state index contributed by atoms with van der Waals surface area (Å²) in [5, 5.41) is 11.3. The van der Waals surface area contributed by atoms with E-state index in [9.17, 15) is 14.7 Å². The molecule has 0 bridgehead atoms. The van der Waals surface area contributed by atoms with Crippen LogP contribution in [0.5, 0.6) is 0 Å². The first-order chi connectivity index (χ1) is 11.4. The Kier molecular flexibility index (Phi) is 4.20. The molecule has 5 heteroatoms. The van der Waals surface area contributed by atoms with Gasteiger partial charge in [-0.25, -0.2) is 4.79 Å². The first-order valence-electron chi connectivity index (χ1n) is 9.22. The van der Waals surface area contributed by atoms with Crippen LogP contribution in [0.2, 0.25) is 0 Å². The topological polar surface area (TPSA) is 76.1 Å². The molecule has 6 atom stereocenters. The number of hydrogen-bond donors (Lipinski definition) is 1. The highest BCUT2D eigenvalue weighted by atomic mass is 16.7. The maximum atomic E-state index is 12.5. The standard InChI is InChI=1S/C20H30O5/c1-11(2)13-9-15-18(4,10-14(13)21)8-7-16(19(15,5)23)24-17(22)20(6)12(3)25-20/h12,15-16,23H,7-10H2,1-6H3/t12-,15+,16+,18-,19+,20+/m0/s1. The van der Waals surface area contributed by atoms with Crippen LogP contribution in [-0.2, 0) is 19.1 Å². The summed E-state index contributed by atoms with van der Waals surface area (Å²) in [7, 11) is 0. The Morgan fingerprint density at radius 1 is 1.28 bits per heavy atom. The summed E-state index contributed by atoms with van der Waals surface area (Å²) in [6.45, 7) is 11.3. The van der Waals surface area contributed by atoms with Gasteiger partial charge in [0.05, 0.1) is 6.10 Å². The van der Waals surface area contributed by atoms with Crippen LogP contribution in [0.3, 0.4) is 0 Å². The van der Waals surface area contributed by atoms with Crippen LogP contribution in [-0.4, -0.2) is 40.3 Å². The lowest BCUT2D eigenvalue weighted by molar-refractivity contribution is -0.202. The van der Waals surface area contributed by atoms with Crippen molar-refractivity contribution in [3.63, 3.8) is 0 Å². The normalized spacial score (nSPS) is 46.4. The molecule has 1 saturated heterocycles. The molecule has 140 valence electrons. The van der Waals surface area contributed by atoms with Gasteiger partial charge in [-0.2, -0.15) is 0 Å². The Balaban J connectivity index is 1.84. The number of ketones is 1. The third-order valence-corrected chi connectivity index (χ3v) is 6.88. The number of Topliss-reactive ketones (excluding diaryl/α,β-unsaturated/α-hetero) is 1. The number of carbonyl (C=O) groups is 2. The Morgan fingerprint density at radius 3 is 2.40 bits per heavy atom. The van der Waals surface area contributed by atoms with Gasteiger partial charge in [0, 0.05) is 12.3 Å². The minimum Gasteiger partial charge on any atom is -0.457 e. The van der Waals surface area contributed by atoms with Crippen LogP contribution >= 0.6 is 0 Å². The zero-order chi connectivity index (χ0) is 18.8. The lowest BCUT2D eigenvalue weighted by Crippen LogP contribution is -2.60. The zero-order valence-corrected chi connectivity index (χ0v) is 16.1. The Labute approximate surface area is 149 Å². The molecule has 0 spiro atoms. The molecule has 0 amide bonds. The van der Waals surface area contributed by atoms with Crippen LogP contribution in [0.1, 0.15) is 67.2 Å². The van der Waals surface area contributed by atoms with E-state index in [4.69, 9.17) is 9.47 Å². The summed E-state index contributed by atoms with van der Waals surface area (Å²) in [5.74, 6) is -0.319. The Morgan fingerprint density at radius 2 is 1.88 bits per heavy atom. The monoisotopic (exact) mass is 350 g/mol. The summed E-state index contributed by atoms with van der Waals surface area (Å²) in [5.41, 5.74) is -0.478. The maximum Gasteiger partial charge on any atom is 0.341 e. The predicted molar refractivity (Wildman–Crippen MR) is 92.9 cm³/mol. The number of ether oxygens (including phenoxy) is 2. The van der Waals surface area contributed by atoms with Gasteiger partial charge >= 0.3 is 5.97 Å². The zero-order valence-electron chi connectivity index (χ0n) is 16.1. The van der Waals surface area contributed by atoms with Gasteiger partial charge in [0.15, 0.2) is 11.4 Å². The molecule has 0 unspecified atom stereocenters. The number of hydrogen-bond acceptors (Lipinski definition) is 5. The number of aliphatic hydroxyl groups is 1. The number of allylic oxidation sites excluding steroid dienone is 2. The molecule has 1 N–H and O–H groups in total. The van der Waals surface area contributed by atoms with Crippen molar-refractivity contribution in [1.29, 1.82) is 0 Å². The molecule has 3 rings (SSSR count). The van der Waals surface area contributed by atoms with E-state index in [1.165, 1.54) is 0 Å². The van der Waals surface area contributed by atoms with E-state index in [-0.39, 0.29) is 23.2 Å². The van der Waals surface area contributed by atoms with Crippen LogP contribution in [0.25, 0.3) is 0 Å². The summed E-state index contributed by atoms with van der Waals surface area (Å²) < 4.78 is 11.1. The molecule has 0 radical (unpaired) electrons. The summed E-state index contributed by atoms with van der Waals surface area (Å²) in [6, 6.07) is 0. The molecule has 3 aliphatic rings. The summed E-state index contributed by atoms with van der Waals surface area (Å²) in [4.78, 5) is 24.9. The van der Waals surface area contributed by atoms with Gasteiger partial charge in [-0.1, -0.05) is 12.5 Å². The molecular weight excluding hydrogens is 320 g/mol. The van der Waals surface area contributed by atoms with E-state index >= 15 is 0 Å². The van der Waals surface area contributed by atoms with Gasteiger partial charge in [0.1, 0.15) is 11.7 Å². The molecule has 1 aliphatic heterocycles. The molecule has 3 fully saturated rings. The molecule has 0 aromatic heterocycles. The van der Waals surface area contributed by atoms with Crippen molar-refractivity contribution < 1.29 is 24.2 Å². The van der Waals surface area contributed by atoms with Gasteiger partial charge in [-0.3, -0.25) is 4.79 Å². The number of rotatable bonds is 2. The molecule has 2 saturated carbocycles. The van der Waals surface area contributed by atoms with Crippen molar-refractivity contribution in [1.82, 2.24) is 0 Å². The lowest BCUT2D eigenvalue weighted by Gasteiger charge is -2.55. The fourth-order valence-electron chi connectivity index (χ4n) is 4.77. The van der Waals surface area contributed by atoms with Crippen LogP contribution in [0.4, 0.5) is 0 Å². The van der Waals surface area contributed by atoms with Crippen LogP contribution in [0.15, 0.2) is 11.1 Å². The molecule has 0 aromatic carbocycles. The number of esters is 1. The Bertz CT molecular complexity index is 644. The van der Waals surface area contributed by atoms with Crippen molar-refractivity contribution in [3.05, 3.63) is 11.1 Å². The molecule has 25 heavy (non-hydrogen) atoms. The molecular formula is C20H30O5. The van der Waals surface area contributed by atoms with Crippen molar-refractivity contribution >= 4 is 11.8 Å². The SMILES string of the molecule is CC(C)=C1C[C@@H]2[C@@](C)(CC[C@@H](OC(=O)[C@]3(C)O[C@H]3C)[C@]2(C)O)CC1=O. The van der Waals surface area contributed by atoms with Gasteiger partial charge in [-0.05, 0) is 64.9 Å². The van der Waals surface area contributed by atoms with E-state index in [1.54, 1.807) is 13.8 Å². The number of epoxide rings is 1. The third-order valence-electron chi connectivity index (χ3n) is 6.88. The molecule has 2 aliphatic carbocycles. The quantitative estimate of drug-likeness (QED) is 0.471. The second-order valence-electron chi connectivity index (χ2n) is 9.01. The van der Waals surface area contributed by atoms with Gasteiger partial charge in [0.2, 0.25) is 0 Å². The minimum absolute atomic E-state index is 0.112.